The van der Waals surface area contributed by atoms with Gasteiger partial charge in [0.2, 0.25) is 17.3 Å². The zero-order valence-corrected chi connectivity index (χ0v) is 19.9. The number of hydrogen-bond acceptors (Lipinski definition) is 5. The molecule has 2 heterocycles. The molecule has 7 nitrogen and oxygen atoms in total. The molecular weight excluding hydrogens is 438 g/mol. The highest BCUT2D eigenvalue weighted by molar-refractivity contribution is 6.26. The number of nitrogens with zero attached hydrogens (tertiary/aromatic N) is 5. The summed E-state index contributed by atoms with van der Waals surface area (Å²) in [6.45, 7) is 5.57. The maximum absolute atomic E-state index is 13.2. The van der Waals surface area contributed by atoms with E-state index in [0.717, 1.165) is 39.1 Å². The number of anilines is 1. The summed E-state index contributed by atoms with van der Waals surface area (Å²) in [6, 6.07) is 22.1. The fourth-order valence-electron chi connectivity index (χ4n) is 5.42. The van der Waals surface area contributed by atoms with E-state index < -0.39 is 0 Å². The second kappa shape index (κ2) is 8.74. The van der Waals surface area contributed by atoms with Crippen LogP contribution in [0.2, 0.25) is 0 Å². The Morgan fingerprint density at radius 2 is 1.49 bits per heavy atom. The van der Waals surface area contributed by atoms with Crippen molar-refractivity contribution in [2.45, 2.75) is 13.0 Å². The van der Waals surface area contributed by atoms with Gasteiger partial charge in [0.15, 0.2) is 12.7 Å². The molecule has 0 saturated carbocycles. The van der Waals surface area contributed by atoms with Gasteiger partial charge >= 0.3 is 0 Å². The first-order valence-corrected chi connectivity index (χ1v) is 12.2. The summed E-state index contributed by atoms with van der Waals surface area (Å²) in [5.41, 5.74) is 2.90. The van der Waals surface area contributed by atoms with Crippen molar-refractivity contribution in [3.63, 3.8) is 0 Å². The van der Waals surface area contributed by atoms with E-state index in [0.29, 0.717) is 23.4 Å². The highest BCUT2D eigenvalue weighted by Gasteiger charge is 2.39. The molecule has 0 N–H and O–H groups in total. The fourth-order valence-corrected chi connectivity index (χ4v) is 5.42. The summed E-state index contributed by atoms with van der Waals surface area (Å²) in [6.07, 6.45) is 0.883. The van der Waals surface area contributed by atoms with Crippen LogP contribution in [0.4, 0.5) is 5.69 Å². The number of rotatable bonds is 5. The van der Waals surface area contributed by atoms with Gasteiger partial charge in [-0.2, -0.15) is 0 Å². The molecule has 1 fully saturated rings. The molecule has 1 aliphatic heterocycles. The minimum absolute atomic E-state index is 0.119. The maximum Gasteiger partial charge on any atom is 0.220 e. The van der Waals surface area contributed by atoms with Crippen LogP contribution in [0.1, 0.15) is 38.5 Å². The lowest BCUT2D eigenvalue weighted by Gasteiger charge is -2.36. The molecule has 0 spiro atoms. The summed E-state index contributed by atoms with van der Waals surface area (Å²) < 4.78 is 1.86. The summed E-state index contributed by atoms with van der Waals surface area (Å²) >= 11 is 0. The van der Waals surface area contributed by atoms with Crippen molar-refractivity contribution in [3.05, 3.63) is 89.2 Å². The summed E-state index contributed by atoms with van der Waals surface area (Å²) in [4.78, 5) is 32.7. The van der Waals surface area contributed by atoms with Gasteiger partial charge in [-0.15, -0.1) is 4.68 Å². The topological polar surface area (TPSA) is 62.3 Å². The zero-order chi connectivity index (χ0) is 23.9. The Balaban J connectivity index is 1.11. The van der Waals surface area contributed by atoms with Gasteiger partial charge in [0.05, 0.1) is 6.54 Å². The number of carbonyl (C=O) groups excluding carboxylic acids is 2. The van der Waals surface area contributed by atoms with Crippen LogP contribution in [0.5, 0.6) is 0 Å². The maximum atomic E-state index is 13.2. The molecule has 0 bridgehead atoms. The number of aromatic nitrogens is 3. The molecule has 1 saturated heterocycles. The molecule has 1 aliphatic carbocycles. The van der Waals surface area contributed by atoms with Crippen LogP contribution in [0.3, 0.4) is 0 Å². The smallest absolute Gasteiger partial charge is 0.220 e. The van der Waals surface area contributed by atoms with Crippen LogP contribution < -0.4 is 9.70 Å². The molecular formula is C28H28N5O2+. The third kappa shape index (κ3) is 3.72. The van der Waals surface area contributed by atoms with Gasteiger partial charge < -0.3 is 4.90 Å². The Kier molecular flexibility index (Phi) is 5.41. The van der Waals surface area contributed by atoms with Gasteiger partial charge in [-0.05, 0) is 22.7 Å². The number of fused-ring (bicyclic) bond motifs is 3. The van der Waals surface area contributed by atoms with Gasteiger partial charge in [0.25, 0.3) is 0 Å². The Morgan fingerprint density at radius 1 is 0.800 bits per heavy atom. The molecule has 6 rings (SSSR count). The van der Waals surface area contributed by atoms with Crippen molar-refractivity contribution in [2.24, 2.45) is 7.05 Å². The average Bonchev–Trinajstić information content (AvgIpc) is 3.24. The second-order valence-corrected chi connectivity index (χ2v) is 9.29. The predicted molar refractivity (Wildman–Crippen MR) is 134 cm³/mol. The lowest BCUT2D eigenvalue weighted by atomic mass is 9.90. The first kappa shape index (κ1) is 21.7. The number of hydrogen-bond donors (Lipinski definition) is 0. The Morgan fingerprint density at radius 3 is 2.29 bits per heavy atom. The van der Waals surface area contributed by atoms with Crippen LogP contribution in [0.25, 0.3) is 10.8 Å². The summed E-state index contributed by atoms with van der Waals surface area (Å²) in [5, 5.41) is 6.99. The van der Waals surface area contributed by atoms with Crippen LogP contribution >= 0.6 is 0 Å². The number of carbonyl (C=O) groups is 2. The Labute approximate surface area is 204 Å². The highest BCUT2D eigenvalue weighted by atomic mass is 16.1. The first-order chi connectivity index (χ1) is 17.1. The summed E-state index contributed by atoms with van der Waals surface area (Å²) in [5.74, 6) is -0.291. The minimum atomic E-state index is -0.172. The highest BCUT2D eigenvalue weighted by Crippen LogP contribution is 2.28. The molecule has 4 aromatic rings. The lowest BCUT2D eigenvalue weighted by Crippen LogP contribution is -2.47. The minimum Gasteiger partial charge on any atom is -0.368 e. The van der Waals surface area contributed by atoms with Crippen LogP contribution in [0, 0.1) is 0 Å². The number of ketones is 2. The average molecular weight is 467 g/mol. The number of benzene rings is 3. The Hall–Kier alpha value is -3.84. The van der Waals surface area contributed by atoms with Gasteiger partial charge in [0.1, 0.15) is 0 Å². The normalized spacial score (nSPS) is 16.0. The fraction of sp³-hybridized carbons (Fsp3) is 0.286. The van der Waals surface area contributed by atoms with Crippen LogP contribution in [-0.4, -0.2) is 59.0 Å². The SMILES string of the molecule is C[n+]1nc2c(n1CCCN1CCN(c3cccc4ccccc34)CC1)C(=O)c1ccccc1C2=O. The van der Waals surface area contributed by atoms with Crippen molar-refractivity contribution < 1.29 is 14.4 Å². The third-order valence-corrected chi connectivity index (χ3v) is 7.25. The molecule has 0 unspecified atom stereocenters. The number of piperazine rings is 1. The number of aryl methyl sites for hydroxylation is 1. The second-order valence-electron chi connectivity index (χ2n) is 9.29. The van der Waals surface area contributed by atoms with Crippen molar-refractivity contribution in [2.75, 3.05) is 37.6 Å². The predicted octanol–water partition coefficient (Wildman–Crippen LogP) is 2.85. The van der Waals surface area contributed by atoms with Gasteiger partial charge in [-0.3, -0.25) is 14.5 Å². The lowest BCUT2D eigenvalue weighted by molar-refractivity contribution is -0.805. The molecule has 3 aromatic carbocycles. The molecule has 0 atom stereocenters. The Bertz CT molecular complexity index is 1440. The first-order valence-electron chi connectivity index (χ1n) is 12.2. The van der Waals surface area contributed by atoms with E-state index in [2.05, 4.69) is 57.4 Å². The van der Waals surface area contributed by atoms with Crippen LogP contribution in [0.15, 0.2) is 66.7 Å². The summed E-state index contributed by atoms with van der Waals surface area (Å²) in [7, 11) is 1.80. The zero-order valence-electron chi connectivity index (χ0n) is 19.9. The van der Waals surface area contributed by atoms with Gasteiger partial charge in [-0.25, -0.2) is 0 Å². The van der Waals surface area contributed by atoms with E-state index in [1.807, 2.05) is 4.68 Å². The van der Waals surface area contributed by atoms with E-state index >= 15 is 0 Å². The quantitative estimate of drug-likeness (QED) is 0.373. The van der Waals surface area contributed by atoms with Crippen molar-refractivity contribution in [1.29, 1.82) is 0 Å². The molecule has 176 valence electrons. The molecule has 1 aromatic heterocycles. The largest absolute Gasteiger partial charge is 0.368 e. The molecule has 35 heavy (non-hydrogen) atoms. The van der Waals surface area contributed by atoms with E-state index in [9.17, 15) is 9.59 Å². The van der Waals surface area contributed by atoms with E-state index in [4.69, 9.17) is 0 Å². The van der Waals surface area contributed by atoms with E-state index in [-0.39, 0.29) is 17.3 Å². The van der Waals surface area contributed by atoms with Crippen molar-refractivity contribution >= 4 is 28.0 Å². The van der Waals surface area contributed by atoms with E-state index in [1.165, 1.54) is 16.5 Å². The monoisotopic (exact) mass is 466 g/mol. The third-order valence-electron chi connectivity index (χ3n) is 7.25. The van der Waals surface area contributed by atoms with Gasteiger partial charge in [-0.1, -0.05) is 60.7 Å². The van der Waals surface area contributed by atoms with Gasteiger partial charge in [0, 0.05) is 60.0 Å². The van der Waals surface area contributed by atoms with Crippen molar-refractivity contribution in [1.82, 2.24) is 14.7 Å². The van der Waals surface area contributed by atoms with Crippen molar-refractivity contribution in [3.8, 4) is 0 Å². The molecule has 7 heteroatoms. The molecule has 2 aliphatic rings. The molecule has 0 amide bonds. The standard InChI is InChI=1S/C28H28N5O2/c1-30-29-25-26(28(35)23-12-5-4-11-22(23)27(25)34)33(30)15-7-14-31-16-18-32(19-17-31)24-13-6-9-20-8-2-3-10-21(20)24/h2-6,8-13H,7,14-19H2,1H3/q+1. The van der Waals surface area contributed by atoms with E-state index in [1.54, 1.807) is 36.1 Å². The van der Waals surface area contributed by atoms with Crippen LogP contribution in [-0.2, 0) is 13.6 Å². The molecule has 0 radical (unpaired) electrons.